The molecule has 0 aliphatic carbocycles. The molecule has 21 heavy (non-hydrogen) atoms. The molecule has 0 unspecified atom stereocenters. The molecule has 0 aromatic heterocycles. The van der Waals surface area contributed by atoms with Crippen LogP contribution < -0.4 is 4.74 Å². The molecule has 0 atom stereocenters. The Labute approximate surface area is 124 Å². The minimum atomic E-state index is -0.609. The van der Waals surface area contributed by atoms with Crippen LogP contribution in [0.1, 0.15) is 11.1 Å². The van der Waals surface area contributed by atoms with Gasteiger partial charge in [-0.05, 0) is 29.8 Å². The zero-order valence-electron chi connectivity index (χ0n) is 10.8. The number of hydrogen-bond acceptors (Lipinski definition) is 4. The molecular weight excluding hydrogens is 301 g/mol. The molecule has 0 spiro atoms. The number of aliphatic hydroxyl groups is 1. The molecule has 110 valence electrons. The summed E-state index contributed by atoms with van der Waals surface area (Å²) in [5, 5.41) is 20.3. The first kappa shape index (κ1) is 15.2. The number of rotatable bonds is 5. The summed E-state index contributed by atoms with van der Waals surface area (Å²) >= 11 is 5.90. The number of ether oxygens (including phenoxy) is 1. The first-order chi connectivity index (χ1) is 10.0. The van der Waals surface area contributed by atoms with Crippen molar-refractivity contribution in [1.82, 2.24) is 0 Å². The van der Waals surface area contributed by atoms with Crippen molar-refractivity contribution in [3.63, 3.8) is 0 Å². The first-order valence-corrected chi connectivity index (χ1v) is 6.34. The second kappa shape index (κ2) is 6.51. The number of nitro groups is 1. The lowest BCUT2D eigenvalue weighted by Crippen LogP contribution is -2.01. The van der Waals surface area contributed by atoms with Crippen LogP contribution in [0.2, 0.25) is 5.02 Å². The molecular formula is C14H11ClFNO4. The number of benzene rings is 2. The van der Waals surface area contributed by atoms with E-state index in [0.29, 0.717) is 16.1 Å². The summed E-state index contributed by atoms with van der Waals surface area (Å²) in [4.78, 5) is 10.4. The Morgan fingerprint density at radius 1 is 1.29 bits per heavy atom. The summed E-state index contributed by atoms with van der Waals surface area (Å²) in [7, 11) is 0. The van der Waals surface area contributed by atoms with Crippen molar-refractivity contribution in [3.05, 3.63) is 68.5 Å². The van der Waals surface area contributed by atoms with E-state index in [0.717, 1.165) is 0 Å². The van der Waals surface area contributed by atoms with Gasteiger partial charge in [-0.25, -0.2) is 4.39 Å². The third-order valence-corrected chi connectivity index (χ3v) is 3.16. The Morgan fingerprint density at radius 2 is 2.05 bits per heavy atom. The van der Waals surface area contributed by atoms with Crippen molar-refractivity contribution in [2.24, 2.45) is 0 Å². The summed E-state index contributed by atoms with van der Waals surface area (Å²) in [6.45, 7) is -0.410. The van der Waals surface area contributed by atoms with Crippen LogP contribution >= 0.6 is 11.6 Å². The maximum absolute atomic E-state index is 13.1. The highest BCUT2D eigenvalue weighted by atomic mass is 35.5. The average Bonchev–Trinajstić information content (AvgIpc) is 2.48. The monoisotopic (exact) mass is 311 g/mol. The lowest BCUT2D eigenvalue weighted by Gasteiger charge is -2.09. The third-order valence-electron chi connectivity index (χ3n) is 2.79. The molecule has 0 aliphatic rings. The van der Waals surface area contributed by atoms with Crippen LogP contribution in [0.4, 0.5) is 10.1 Å². The molecule has 0 radical (unpaired) electrons. The van der Waals surface area contributed by atoms with Crippen molar-refractivity contribution in [3.8, 4) is 5.75 Å². The smallest absolute Gasteiger partial charge is 0.311 e. The van der Waals surface area contributed by atoms with E-state index in [1.165, 1.54) is 36.4 Å². The summed E-state index contributed by atoms with van der Waals surface area (Å²) in [5.74, 6) is -0.444. The fourth-order valence-corrected chi connectivity index (χ4v) is 1.91. The van der Waals surface area contributed by atoms with E-state index in [4.69, 9.17) is 21.4 Å². The number of halogens is 2. The molecule has 0 aliphatic heterocycles. The molecule has 2 aromatic carbocycles. The topological polar surface area (TPSA) is 72.6 Å². The molecule has 0 fully saturated rings. The Kier molecular flexibility index (Phi) is 4.72. The van der Waals surface area contributed by atoms with Crippen molar-refractivity contribution in [1.29, 1.82) is 0 Å². The van der Waals surface area contributed by atoms with Crippen molar-refractivity contribution in [2.75, 3.05) is 0 Å². The number of aliphatic hydroxyl groups excluding tert-OH is 1. The molecule has 7 heteroatoms. The van der Waals surface area contributed by atoms with Gasteiger partial charge < -0.3 is 9.84 Å². The number of nitro benzene ring substituents is 1. The van der Waals surface area contributed by atoms with E-state index in [9.17, 15) is 14.5 Å². The van der Waals surface area contributed by atoms with Gasteiger partial charge in [0.2, 0.25) is 0 Å². The minimum absolute atomic E-state index is 0.0255. The van der Waals surface area contributed by atoms with Gasteiger partial charge in [0.15, 0.2) is 5.75 Å². The SMILES string of the molecule is O=[N+]([O-])c1cc(CO)ccc1OCc1cc(F)ccc1Cl. The van der Waals surface area contributed by atoms with Crippen LogP contribution in [0.3, 0.4) is 0 Å². The molecule has 5 nitrogen and oxygen atoms in total. The van der Waals surface area contributed by atoms with E-state index in [-0.39, 0.29) is 24.7 Å². The van der Waals surface area contributed by atoms with E-state index in [1.54, 1.807) is 0 Å². The number of hydrogen-bond donors (Lipinski definition) is 1. The molecule has 2 rings (SSSR count). The fourth-order valence-electron chi connectivity index (χ4n) is 1.74. The zero-order chi connectivity index (χ0) is 15.4. The Bertz CT molecular complexity index is 678. The molecule has 0 heterocycles. The lowest BCUT2D eigenvalue weighted by molar-refractivity contribution is -0.386. The van der Waals surface area contributed by atoms with Crippen molar-refractivity contribution in [2.45, 2.75) is 13.2 Å². The fraction of sp³-hybridized carbons (Fsp3) is 0.143. The molecule has 0 saturated carbocycles. The molecule has 0 bridgehead atoms. The number of nitrogens with zero attached hydrogens (tertiary/aromatic N) is 1. The quantitative estimate of drug-likeness (QED) is 0.678. The summed E-state index contributed by atoms with van der Waals surface area (Å²) < 4.78 is 18.5. The van der Waals surface area contributed by atoms with Gasteiger partial charge in [-0.15, -0.1) is 0 Å². The van der Waals surface area contributed by atoms with Gasteiger partial charge in [0, 0.05) is 16.7 Å². The van der Waals surface area contributed by atoms with Crippen LogP contribution in [0.15, 0.2) is 36.4 Å². The van der Waals surface area contributed by atoms with E-state index < -0.39 is 10.7 Å². The average molecular weight is 312 g/mol. The molecule has 2 aromatic rings. The Hall–Kier alpha value is -2.18. The second-order valence-electron chi connectivity index (χ2n) is 4.24. The highest BCUT2D eigenvalue weighted by Crippen LogP contribution is 2.29. The van der Waals surface area contributed by atoms with Crippen molar-refractivity contribution < 1.29 is 19.2 Å². The minimum Gasteiger partial charge on any atom is -0.482 e. The summed E-state index contributed by atoms with van der Waals surface area (Å²) in [5.41, 5.74) is 0.518. The summed E-state index contributed by atoms with van der Waals surface area (Å²) in [6, 6.07) is 7.92. The second-order valence-corrected chi connectivity index (χ2v) is 4.65. The molecule has 1 N–H and O–H groups in total. The maximum Gasteiger partial charge on any atom is 0.311 e. The predicted molar refractivity (Wildman–Crippen MR) is 74.8 cm³/mol. The predicted octanol–water partition coefficient (Wildman–Crippen LogP) is 3.46. The summed E-state index contributed by atoms with van der Waals surface area (Å²) in [6.07, 6.45) is 0. The highest BCUT2D eigenvalue weighted by Gasteiger charge is 2.16. The first-order valence-electron chi connectivity index (χ1n) is 5.96. The largest absolute Gasteiger partial charge is 0.482 e. The van der Waals surface area contributed by atoms with Gasteiger partial charge in [-0.1, -0.05) is 17.7 Å². The van der Waals surface area contributed by atoms with Gasteiger partial charge in [-0.2, -0.15) is 0 Å². The zero-order valence-corrected chi connectivity index (χ0v) is 11.5. The molecule has 0 amide bonds. The van der Waals surface area contributed by atoms with Crippen LogP contribution in [0.25, 0.3) is 0 Å². The van der Waals surface area contributed by atoms with Gasteiger partial charge >= 0.3 is 5.69 Å². The van der Waals surface area contributed by atoms with E-state index in [2.05, 4.69) is 0 Å². The lowest BCUT2D eigenvalue weighted by atomic mass is 10.2. The van der Waals surface area contributed by atoms with Crippen LogP contribution in [0.5, 0.6) is 5.75 Å². The maximum atomic E-state index is 13.1. The standard InChI is InChI=1S/C14H11ClFNO4/c15-12-3-2-11(16)6-10(12)8-21-14-4-1-9(7-18)5-13(14)17(19)20/h1-6,18H,7-8H2. The third kappa shape index (κ3) is 3.68. The normalized spacial score (nSPS) is 10.4. The Morgan fingerprint density at radius 3 is 2.71 bits per heavy atom. The van der Waals surface area contributed by atoms with Crippen LogP contribution in [0, 0.1) is 15.9 Å². The molecule has 0 saturated heterocycles. The van der Waals surface area contributed by atoms with E-state index >= 15 is 0 Å². The Balaban J connectivity index is 2.23. The van der Waals surface area contributed by atoms with Gasteiger partial charge in [0.05, 0.1) is 11.5 Å². The van der Waals surface area contributed by atoms with Gasteiger partial charge in [0.1, 0.15) is 12.4 Å². The van der Waals surface area contributed by atoms with Gasteiger partial charge in [0.25, 0.3) is 0 Å². The van der Waals surface area contributed by atoms with Crippen LogP contribution in [-0.2, 0) is 13.2 Å². The van der Waals surface area contributed by atoms with Crippen LogP contribution in [-0.4, -0.2) is 10.0 Å². The highest BCUT2D eigenvalue weighted by molar-refractivity contribution is 6.31. The van der Waals surface area contributed by atoms with Gasteiger partial charge in [-0.3, -0.25) is 10.1 Å². The van der Waals surface area contributed by atoms with E-state index in [1.807, 2.05) is 0 Å². The van der Waals surface area contributed by atoms with Crippen molar-refractivity contribution >= 4 is 17.3 Å².